The van der Waals surface area contributed by atoms with Gasteiger partial charge in [0.25, 0.3) is 5.91 Å². The molecule has 2 heterocycles. The Morgan fingerprint density at radius 3 is 2.50 bits per heavy atom. The predicted octanol–water partition coefficient (Wildman–Crippen LogP) is 1.02. The van der Waals surface area contributed by atoms with Crippen molar-refractivity contribution >= 4 is 15.7 Å². The largest absolute Gasteiger partial charge is 0.332 e. The average Bonchev–Trinajstić information content (AvgIpc) is 2.83. The first-order chi connectivity index (χ1) is 10.5. The summed E-state index contributed by atoms with van der Waals surface area (Å²) < 4.78 is 24.2. The molecule has 0 spiro atoms. The van der Waals surface area contributed by atoms with E-state index in [0.717, 1.165) is 19.5 Å². The summed E-state index contributed by atoms with van der Waals surface area (Å²) in [7, 11) is -3.06. The van der Waals surface area contributed by atoms with Gasteiger partial charge in [-0.2, -0.15) is 0 Å². The van der Waals surface area contributed by atoms with Crippen molar-refractivity contribution in [2.75, 3.05) is 31.1 Å². The Bertz CT molecular complexity index is 645. The van der Waals surface area contributed by atoms with Gasteiger partial charge in [-0.15, -0.1) is 0 Å². The van der Waals surface area contributed by atoms with Gasteiger partial charge in [0, 0.05) is 24.7 Å². The smallest absolute Gasteiger partial charge is 0.254 e. The summed E-state index contributed by atoms with van der Waals surface area (Å²) in [5.41, 5.74) is 0.634. The third kappa shape index (κ3) is 2.90. The van der Waals surface area contributed by atoms with E-state index in [-0.39, 0.29) is 29.5 Å². The normalized spacial score (nSPS) is 27.6. The van der Waals surface area contributed by atoms with Crippen LogP contribution in [0.4, 0.5) is 0 Å². The molecular weight excluding hydrogens is 300 g/mol. The molecule has 2 atom stereocenters. The van der Waals surface area contributed by atoms with Gasteiger partial charge in [0.1, 0.15) is 0 Å². The Labute approximate surface area is 131 Å². The van der Waals surface area contributed by atoms with Crippen LogP contribution in [0.25, 0.3) is 0 Å². The second-order valence-corrected chi connectivity index (χ2v) is 8.27. The van der Waals surface area contributed by atoms with E-state index in [1.165, 1.54) is 0 Å². The minimum atomic E-state index is -3.06. The third-order valence-corrected chi connectivity index (χ3v) is 6.28. The van der Waals surface area contributed by atoms with Crippen LogP contribution in [-0.2, 0) is 9.84 Å². The van der Waals surface area contributed by atoms with Crippen LogP contribution in [-0.4, -0.2) is 67.3 Å². The number of benzene rings is 1. The summed E-state index contributed by atoms with van der Waals surface area (Å²) in [6.07, 6.45) is 0.996. The number of sulfone groups is 1. The zero-order chi connectivity index (χ0) is 15.7. The lowest BCUT2D eigenvalue weighted by Crippen LogP contribution is -2.60. The fourth-order valence-corrected chi connectivity index (χ4v) is 5.60. The molecule has 0 radical (unpaired) electrons. The number of piperazine rings is 1. The second-order valence-electron chi connectivity index (χ2n) is 6.11. The van der Waals surface area contributed by atoms with Gasteiger partial charge in [-0.1, -0.05) is 25.1 Å². The van der Waals surface area contributed by atoms with Gasteiger partial charge < -0.3 is 4.90 Å². The van der Waals surface area contributed by atoms with Crippen LogP contribution in [0.1, 0.15) is 23.7 Å². The van der Waals surface area contributed by atoms with Gasteiger partial charge in [-0.25, -0.2) is 8.42 Å². The van der Waals surface area contributed by atoms with Gasteiger partial charge in [0.15, 0.2) is 9.84 Å². The summed E-state index contributed by atoms with van der Waals surface area (Å²) >= 11 is 0. The molecule has 0 unspecified atom stereocenters. The minimum absolute atomic E-state index is 0.0497. The van der Waals surface area contributed by atoms with Gasteiger partial charge in [0.2, 0.25) is 0 Å². The Balaban J connectivity index is 1.86. The molecule has 22 heavy (non-hydrogen) atoms. The van der Waals surface area contributed by atoms with Crippen molar-refractivity contribution in [1.29, 1.82) is 0 Å². The van der Waals surface area contributed by atoms with Crippen LogP contribution >= 0.6 is 0 Å². The maximum Gasteiger partial charge on any atom is 0.254 e. The molecule has 1 amide bonds. The maximum absolute atomic E-state index is 12.7. The van der Waals surface area contributed by atoms with Crippen molar-refractivity contribution in [2.24, 2.45) is 0 Å². The number of hydrogen-bond acceptors (Lipinski definition) is 4. The first-order valence-corrected chi connectivity index (χ1v) is 9.64. The number of amides is 1. The number of carbonyl (C=O) groups is 1. The predicted molar refractivity (Wildman–Crippen MR) is 85.6 cm³/mol. The molecule has 0 bridgehead atoms. The topological polar surface area (TPSA) is 57.7 Å². The molecule has 2 saturated heterocycles. The zero-order valence-electron chi connectivity index (χ0n) is 12.8. The van der Waals surface area contributed by atoms with Crippen molar-refractivity contribution in [3.8, 4) is 0 Å². The van der Waals surface area contributed by atoms with Gasteiger partial charge in [0.05, 0.1) is 17.5 Å². The second kappa shape index (κ2) is 6.01. The summed E-state index contributed by atoms with van der Waals surface area (Å²) in [4.78, 5) is 16.7. The van der Waals surface area contributed by atoms with Crippen LogP contribution in [0.15, 0.2) is 30.3 Å². The molecule has 1 aromatic rings. The van der Waals surface area contributed by atoms with E-state index in [9.17, 15) is 13.2 Å². The van der Waals surface area contributed by atoms with Crippen molar-refractivity contribution in [3.63, 3.8) is 0 Å². The van der Waals surface area contributed by atoms with Crippen LogP contribution in [0.5, 0.6) is 0 Å². The first kappa shape index (κ1) is 15.5. The Morgan fingerprint density at radius 2 is 1.82 bits per heavy atom. The number of rotatable bonds is 3. The fourth-order valence-electron chi connectivity index (χ4n) is 3.59. The molecule has 0 N–H and O–H groups in total. The maximum atomic E-state index is 12.7. The lowest BCUT2D eigenvalue weighted by atomic mass is 10.0. The highest BCUT2D eigenvalue weighted by atomic mass is 32.2. The van der Waals surface area contributed by atoms with Crippen molar-refractivity contribution in [3.05, 3.63) is 35.9 Å². The van der Waals surface area contributed by atoms with E-state index < -0.39 is 9.84 Å². The molecular formula is C16H22N2O3S. The van der Waals surface area contributed by atoms with Gasteiger partial charge >= 0.3 is 0 Å². The van der Waals surface area contributed by atoms with E-state index in [4.69, 9.17) is 0 Å². The van der Waals surface area contributed by atoms with Crippen LogP contribution in [0.3, 0.4) is 0 Å². The number of carbonyl (C=O) groups excluding carboxylic acids is 1. The van der Waals surface area contributed by atoms with Crippen molar-refractivity contribution in [2.45, 2.75) is 25.4 Å². The third-order valence-electron chi connectivity index (χ3n) is 4.58. The molecule has 5 nitrogen and oxygen atoms in total. The first-order valence-electron chi connectivity index (χ1n) is 7.82. The van der Waals surface area contributed by atoms with E-state index in [2.05, 4.69) is 11.8 Å². The highest BCUT2D eigenvalue weighted by Crippen LogP contribution is 2.28. The quantitative estimate of drug-likeness (QED) is 0.834. The molecule has 0 aliphatic carbocycles. The summed E-state index contributed by atoms with van der Waals surface area (Å²) in [5.74, 6) is 0.219. The molecule has 0 saturated carbocycles. The molecule has 120 valence electrons. The van der Waals surface area contributed by atoms with Crippen LogP contribution in [0.2, 0.25) is 0 Å². The lowest BCUT2D eigenvalue weighted by molar-refractivity contribution is 0.0333. The fraction of sp³-hybridized carbons (Fsp3) is 0.562. The molecule has 6 heteroatoms. The van der Waals surface area contributed by atoms with E-state index in [1.807, 2.05) is 18.2 Å². The molecule has 2 aliphatic heterocycles. The zero-order valence-corrected chi connectivity index (χ0v) is 13.6. The monoisotopic (exact) mass is 322 g/mol. The standard InChI is InChI=1S/C16H22N2O3S/c1-2-8-17-9-10-18(15-12-22(20,21)11-14(15)17)16(19)13-6-4-3-5-7-13/h3-7,14-15H,2,8-12H2,1H3/t14-,15+/m0/s1. The summed E-state index contributed by atoms with van der Waals surface area (Å²) in [5, 5.41) is 0. The Kier molecular flexibility index (Phi) is 4.23. The average molecular weight is 322 g/mol. The Morgan fingerprint density at radius 1 is 1.14 bits per heavy atom. The lowest BCUT2D eigenvalue weighted by Gasteiger charge is -2.43. The SMILES string of the molecule is CCCN1CCN(C(=O)c2ccccc2)[C@@H]2CS(=O)(=O)C[C@@H]21. The summed E-state index contributed by atoms with van der Waals surface area (Å²) in [6, 6.07) is 8.87. The highest BCUT2D eigenvalue weighted by molar-refractivity contribution is 7.91. The summed E-state index contributed by atoms with van der Waals surface area (Å²) in [6.45, 7) is 4.34. The van der Waals surface area contributed by atoms with Crippen molar-refractivity contribution < 1.29 is 13.2 Å². The van der Waals surface area contributed by atoms with Crippen molar-refractivity contribution in [1.82, 2.24) is 9.80 Å². The van der Waals surface area contributed by atoms with E-state index in [1.54, 1.807) is 17.0 Å². The van der Waals surface area contributed by atoms with E-state index in [0.29, 0.717) is 12.1 Å². The number of fused-ring (bicyclic) bond motifs is 1. The van der Waals surface area contributed by atoms with E-state index >= 15 is 0 Å². The molecule has 0 aromatic heterocycles. The van der Waals surface area contributed by atoms with Crippen LogP contribution < -0.4 is 0 Å². The van der Waals surface area contributed by atoms with Crippen LogP contribution in [0, 0.1) is 0 Å². The molecule has 2 fully saturated rings. The van der Waals surface area contributed by atoms with Gasteiger partial charge in [-0.05, 0) is 25.1 Å². The Hall–Kier alpha value is -1.40. The van der Waals surface area contributed by atoms with Gasteiger partial charge in [-0.3, -0.25) is 9.69 Å². The molecule has 3 rings (SSSR count). The number of hydrogen-bond donors (Lipinski definition) is 0. The molecule has 2 aliphatic rings. The highest BCUT2D eigenvalue weighted by Gasteiger charge is 2.47. The minimum Gasteiger partial charge on any atom is -0.332 e. The number of nitrogens with zero attached hydrogens (tertiary/aromatic N) is 2. The molecule has 1 aromatic carbocycles.